The van der Waals surface area contributed by atoms with E-state index in [0.717, 1.165) is 25.0 Å². The van der Waals surface area contributed by atoms with Crippen LogP contribution in [0, 0.1) is 13.8 Å². The van der Waals surface area contributed by atoms with E-state index in [0.29, 0.717) is 6.61 Å². The molecule has 0 atom stereocenters. The van der Waals surface area contributed by atoms with Gasteiger partial charge in [-0.2, -0.15) is 5.10 Å². The van der Waals surface area contributed by atoms with Gasteiger partial charge in [-0.15, -0.1) is 0 Å². The standard InChI is InChI=1S/C23H24BIN4O/c1-13-4-3-5-14(2)22(13)29-23(17-11-26-8-7-19(17)28-29)20-16-6-9-27-21(16)15(12-30-25)10-18(20)24/h3-6,9-10,26-27H,7-8,11-12,24H2,1-2H3. The summed E-state index contributed by atoms with van der Waals surface area (Å²) in [6, 6.07) is 10.9. The fourth-order valence-corrected chi connectivity index (χ4v) is 5.14. The smallest absolute Gasteiger partial charge is 0.140 e. The minimum Gasteiger partial charge on any atom is -0.361 e. The van der Waals surface area contributed by atoms with E-state index in [1.54, 1.807) is 0 Å². The number of nitrogens with zero attached hydrogens (tertiary/aromatic N) is 2. The van der Waals surface area contributed by atoms with Gasteiger partial charge in [-0.05, 0) is 31.0 Å². The Hall–Kier alpha value is -2.10. The van der Waals surface area contributed by atoms with Crippen LogP contribution in [0.5, 0.6) is 0 Å². The Balaban J connectivity index is 1.87. The molecule has 0 spiro atoms. The normalized spacial score (nSPS) is 13.7. The second kappa shape index (κ2) is 7.87. The molecule has 2 aromatic heterocycles. The van der Waals surface area contributed by atoms with Crippen molar-refractivity contribution in [1.29, 1.82) is 0 Å². The molecular formula is C23H24BIN4O. The number of benzene rings is 2. The number of aryl methyl sites for hydroxylation is 2. The molecule has 0 saturated heterocycles. The van der Waals surface area contributed by atoms with Crippen molar-refractivity contribution in [2.75, 3.05) is 6.54 Å². The van der Waals surface area contributed by atoms with Crippen LogP contribution in [-0.2, 0) is 22.6 Å². The summed E-state index contributed by atoms with van der Waals surface area (Å²) in [4.78, 5) is 3.44. The largest absolute Gasteiger partial charge is 0.361 e. The third kappa shape index (κ3) is 3.11. The summed E-state index contributed by atoms with van der Waals surface area (Å²) in [5, 5.41) is 9.93. The van der Waals surface area contributed by atoms with Crippen molar-refractivity contribution >= 4 is 47.2 Å². The highest BCUT2D eigenvalue weighted by atomic mass is 127. The molecule has 0 fully saturated rings. The first-order valence-corrected chi connectivity index (χ1v) is 11.2. The first-order chi connectivity index (χ1) is 14.6. The number of aromatic nitrogens is 3. The van der Waals surface area contributed by atoms with E-state index in [1.165, 1.54) is 55.7 Å². The molecule has 152 valence electrons. The van der Waals surface area contributed by atoms with Crippen molar-refractivity contribution in [2.45, 2.75) is 33.4 Å². The molecule has 2 N–H and O–H groups in total. The van der Waals surface area contributed by atoms with E-state index in [1.807, 2.05) is 29.2 Å². The molecule has 2 aromatic carbocycles. The number of fused-ring (bicyclic) bond motifs is 2. The SMILES string of the molecule is Bc1cc(COI)c2[nH]ccc2c1-c1c2c(nn1-c1c(C)cccc1C)CCNC2. The quantitative estimate of drug-likeness (QED) is 0.327. The van der Waals surface area contributed by atoms with Crippen LogP contribution in [0.2, 0.25) is 0 Å². The third-order valence-corrected chi connectivity index (χ3v) is 6.44. The van der Waals surface area contributed by atoms with E-state index in [2.05, 4.69) is 67.0 Å². The predicted molar refractivity (Wildman–Crippen MR) is 133 cm³/mol. The summed E-state index contributed by atoms with van der Waals surface area (Å²) in [5.41, 5.74) is 12.2. The van der Waals surface area contributed by atoms with E-state index in [4.69, 9.17) is 8.16 Å². The summed E-state index contributed by atoms with van der Waals surface area (Å²) in [6.07, 6.45) is 2.98. The van der Waals surface area contributed by atoms with Crippen molar-refractivity contribution in [3.05, 3.63) is 64.5 Å². The number of hydrogen-bond acceptors (Lipinski definition) is 3. The van der Waals surface area contributed by atoms with Gasteiger partial charge in [0.25, 0.3) is 0 Å². The molecule has 1 aliphatic heterocycles. The van der Waals surface area contributed by atoms with E-state index >= 15 is 0 Å². The van der Waals surface area contributed by atoms with Crippen molar-refractivity contribution in [3.63, 3.8) is 0 Å². The minimum absolute atomic E-state index is 0.578. The van der Waals surface area contributed by atoms with Gasteiger partial charge in [0.2, 0.25) is 0 Å². The number of hydrogen-bond donors (Lipinski definition) is 2. The molecule has 1 aliphatic rings. The van der Waals surface area contributed by atoms with Crippen LogP contribution in [0.4, 0.5) is 0 Å². The zero-order valence-corrected chi connectivity index (χ0v) is 19.6. The fraction of sp³-hybridized carbons (Fsp3) is 0.261. The predicted octanol–water partition coefficient (Wildman–Crippen LogP) is 3.41. The zero-order valence-electron chi connectivity index (χ0n) is 17.5. The maximum atomic E-state index is 5.43. The number of aromatic amines is 1. The highest BCUT2D eigenvalue weighted by molar-refractivity contribution is 14.1. The number of para-hydroxylation sites is 1. The summed E-state index contributed by atoms with van der Waals surface area (Å²) < 4.78 is 7.63. The molecule has 0 amide bonds. The molecule has 0 bridgehead atoms. The van der Waals surface area contributed by atoms with Crippen LogP contribution >= 0.6 is 23.0 Å². The second-order valence-corrected chi connectivity index (χ2v) is 8.72. The molecular weight excluding hydrogens is 486 g/mol. The van der Waals surface area contributed by atoms with Gasteiger partial charge >= 0.3 is 0 Å². The number of nitrogens with one attached hydrogen (secondary N) is 2. The molecule has 4 aromatic rings. The molecule has 30 heavy (non-hydrogen) atoms. The zero-order chi connectivity index (χ0) is 20.8. The summed E-state index contributed by atoms with van der Waals surface area (Å²) >= 11 is 1.96. The Morgan fingerprint density at radius 1 is 1.23 bits per heavy atom. The van der Waals surface area contributed by atoms with Crippen LogP contribution in [0.25, 0.3) is 27.8 Å². The van der Waals surface area contributed by atoms with Gasteiger partial charge in [0, 0.05) is 47.8 Å². The highest BCUT2D eigenvalue weighted by Crippen LogP contribution is 2.36. The lowest BCUT2D eigenvalue weighted by molar-refractivity contribution is 0.420. The molecule has 5 rings (SSSR count). The maximum Gasteiger partial charge on any atom is 0.140 e. The Morgan fingerprint density at radius 2 is 2.03 bits per heavy atom. The minimum atomic E-state index is 0.578. The van der Waals surface area contributed by atoms with Crippen LogP contribution in [0.1, 0.15) is 27.9 Å². The van der Waals surface area contributed by atoms with Crippen molar-refractivity contribution in [1.82, 2.24) is 20.1 Å². The number of halogens is 1. The Kier molecular flexibility index (Phi) is 5.20. The molecule has 7 heteroatoms. The highest BCUT2D eigenvalue weighted by Gasteiger charge is 2.26. The van der Waals surface area contributed by atoms with Crippen molar-refractivity contribution in [2.24, 2.45) is 0 Å². The molecule has 0 saturated carbocycles. The van der Waals surface area contributed by atoms with E-state index < -0.39 is 0 Å². The van der Waals surface area contributed by atoms with E-state index in [9.17, 15) is 0 Å². The van der Waals surface area contributed by atoms with Gasteiger partial charge in [-0.25, -0.2) is 4.68 Å². The molecule has 5 nitrogen and oxygen atoms in total. The Labute approximate surface area is 191 Å². The first kappa shape index (κ1) is 19.8. The van der Waals surface area contributed by atoms with Crippen LogP contribution in [-0.4, -0.2) is 29.2 Å². The van der Waals surface area contributed by atoms with Gasteiger partial charge in [0.05, 0.1) is 29.2 Å². The Bertz CT molecular complexity index is 1240. The maximum absolute atomic E-state index is 5.43. The van der Waals surface area contributed by atoms with Gasteiger partial charge < -0.3 is 13.4 Å². The van der Waals surface area contributed by atoms with Gasteiger partial charge in [-0.3, -0.25) is 0 Å². The lowest BCUT2D eigenvalue weighted by atomic mass is 9.83. The number of H-pyrrole nitrogens is 1. The number of rotatable bonds is 4. The summed E-state index contributed by atoms with van der Waals surface area (Å²) in [6.45, 7) is 6.74. The first-order valence-electron chi connectivity index (χ1n) is 10.3. The Morgan fingerprint density at radius 3 is 2.80 bits per heavy atom. The average molecular weight is 510 g/mol. The molecule has 3 heterocycles. The lowest BCUT2D eigenvalue weighted by Gasteiger charge is -2.19. The van der Waals surface area contributed by atoms with Crippen LogP contribution in [0.3, 0.4) is 0 Å². The monoisotopic (exact) mass is 510 g/mol. The second-order valence-electron chi connectivity index (χ2n) is 8.10. The topological polar surface area (TPSA) is 54.9 Å². The van der Waals surface area contributed by atoms with Gasteiger partial charge in [0.1, 0.15) is 30.9 Å². The van der Waals surface area contributed by atoms with Crippen molar-refractivity contribution in [3.8, 4) is 16.9 Å². The summed E-state index contributed by atoms with van der Waals surface area (Å²) in [7, 11) is 2.20. The third-order valence-electron chi connectivity index (χ3n) is 6.13. The van der Waals surface area contributed by atoms with Crippen LogP contribution < -0.4 is 10.8 Å². The van der Waals surface area contributed by atoms with E-state index in [-0.39, 0.29) is 0 Å². The average Bonchev–Trinajstić information content (AvgIpc) is 3.34. The van der Waals surface area contributed by atoms with Crippen LogP contribution in [0.15, 0.2) is 36.5 Å². The van der Waals surface area contributed by atoms with Crippen molar-refractivity contribution < 1.29 is 3.07 Å². The fourth-order valence-electron chi connectivity index (χ4n) is 4.81. The summed E-state index contributed by atoms with van der Waals surface area (Å²) in [5.74, 6) is 0. The molecule has 0 radical (unpaired) electrons. The van der Waals surface area contributed by atoms with Gasteiger partial charge in [0.15, 0.2) is 0 Å². The van der Waals surface area contributed by atoms with Gasteiger partial charge in [-0.1, -0.05) is 29.7 Å². The molecule has 0 unspecified atom stereocenters. The molecule has 0 aliphatic carbocycles. The lowest BCUT2D eigenvalue weighted by Crippen LogP contribution is -2.23.